The number of hydrogen-bond donors (Lipinski definition) is 1. The number of nitriles is 1. The van der Waals surface area contributed by atoms with Crippen LogP contribution in [0, 0.1) is 11.3 Å². The molecule has 1 amide bonds. The van der Waals surface area contributed by atoms with Crippen LogP contribution < -0.4 is 14.8 Å². The summed E-state index contributed by atoms with van der Waals surface area (Å²) in [7, 11) is 0. The van der Waals surface area contributed by atoms with Crippen molar-refractivity contribution in [3.63, 3.8) is 0 Å². The van der Waals surface area contributed by atoms with E-state index in [0.717, 1.165) is 0 Å². The smallest absolute Gasteiger partial charge is 0.255 e. The molecule has 0 spiro atoms. The van der Waals surface area contributed by atoms with E-state index in [4.69, 9.17) is 14.7 Å². The maximum Gasteiger partial charge on any atom is 0.255 e. The SMILES string of the molecule is N#Cc1ccc(C(=O)Nc2cc3c(cc2Br)OCCO3)cc1. The van der Waals surface area contributed by atoms with Gasteiger partial charge in [-0.15, -0.1) is 0 Å². The number of nitrogens with one attached hydrogen (secondary N) is 1. The zero-order chi connectivity index (χ0) is 15.5. The lowest BCUT2D eigenvalue weighted by molar-refractivity contribution is 0.102. The molecule has 1 aliphatic rings. The second-order valence-electron chi connectivity index (χ2n) is 4.62. The highest BCUT2D eigenvalue weighted by atomic mass is 79.9. The zero-order valence-electron chi connectivity index (χ0n) is 11.4. The molecule has 0 unspecified atom stereocenters. The third-order valence-corrected chi connectivity index (χ3v) is 3.81. The maximum atomic E-state index is 12.2. The predicted octanol–water partition coefficient (Wildman–Crippen LogP) is 3.34. The number of hydrogen-bond acceptors (Lipinski definition) is 4. The standard InChI is InChI=1S/C16H11BrN2O3/c17-12-7-14-15(22-6-5-21-14)8-13(12)19-16(20)11-3-1-10(9-18)2-4-11/h1-4,7-8H,5-6H2,(H,19,20). The van der Waals surface area contributed by atoms with Crippen molar-refractivity contribution in [2.45, 2.75) is 0 Å². The Labute approximate surface area is 135 Å². The number of carbonyl (C=O) groups excluding carboxylic acids is 1. The lowest BCUT2D eigenvalue weighted by Gasteiger charge is -2.20. The fourth-order valence-corrected chi connectivity index (χ4v) is 2.47. The summed E-state index contributed by atoms with van der Waals surface area (Å²) in [4.78, 5) is 12.2. The van der Waals surface area contributed by atoms with E-state index < -0.39 is 0 Å². The van der Waals surface area contributed by atoms with Gasteiger partial charge in [-0.05, 0) is 40.2 Å². The van der Waals surface area contributed by atoms with Crippen molar-refractivity contribution in [1.82, 2.24) is 0 Å². The molecule has 22 heavy (non-hydrogen) atoms. The van der Waals surface area contributed by atoms with Crippen LogP contribution in [0.3, 0.4) is 0 Å². The number of amides is 1. The van der Waals surface area contributed by atoms with Gasteiger partial charge in [0, 0.05) is 22.2 Å². The summed E-state index contributed by atoms with van der Waals surface area (Å²) in [6.45, 7) is 0.994. The maximum absolute atomic E-state index is 12.2. The van der Waals surface area contributed by atoms with E-state index in [0.29, 0.717) is 46.0 Å². The lowest BCUT2D eigenvalue weighted by atomic mass is 10.1. The highest BCUT2D eigenvalue weighted by Gasteiger charge is 2.16. The molecule has 2 aromatic carbocycles. The average Bonchev–Trinajstić information content (AvgIpc) is 2.55. The van der Waals surface area contributed by atoms with Crippen molar-refractivity contribution in [1.29, 1.82) is 5.26 Å². The van der Waals surface area contributed by atoms with Crippen LogP contribution in [0.1, 0.15) is 15.9 Å². The number of ether oxygens (including phenoxy) is 2. The Bertz CT molecular complexity index is 766. The van der Waals surface area contributed by atoms with E-state index in [9.17, 15) is 4.79 Å². The van der Waals surface area contributed by atoms with Crippen molar-refractivity contribution in [2.24, 2.45) is 0 Å². The highest BCUT2D eigenvalue weighted by molar-refractivity contribution is 9.10. The molecule has 0 bridgehead atoms. The fraction of sp³-hybridized carbons (Fsp3) is 0.125. The lowest BCUT2D eigenvalue weighted by Crippen LogP contribution is -2.17. The minimum Gasteiger partial charge on any atom is -0.486 e. The molecule has 6 heteroatoms. The average molecular weight is 359 g/mol. The van der Waals surface area contributed by atoms with Crippen LogP contribution in [-0.2, 0) is 0 Å². The largest absolute Gasteiger partial charge is 0.486 e. The number of anilines is 1. The number of nitrogens with zero attached hydrogens (tertiary/aromatic N) is 1. The second-order valence-corrected chi connectivity index (χ2v) is 5.47. The highest BCUT2D eigenvalue weighted by Crippen LogP contribution is 2.38. The van der Waals surface area contributed by atoms with Crippen LogP contribution in [0.15, 0.2) is 40.9 Å². The monoisotopic (exact) mass is 358 g/mol. The van der Waals surface area contributed by atoms with Crippen molar-refractivity contribution >= 4 is 27.5 Å². The van der Waals surface area contributed by atoms with Gasteiger partial charge in [-0.3, -0.25) is 4.79 Å². The van der Waals surface area contributed by atoms with E-state index in [1.807, 2.05) is 6.07 Å². The molecule has 0 saturated heterocycles. The molecule has 2 aromatic rings. The molecule has 1 N–H and O–H groups in total. The van der Waals surface area contributed by atoms with E-state index in [1.54, 1.807) is 36.4 Å². The van der Waals surface area contributed by atoms with Gasteiger partial charge in [-0.25, -0.2) is 0 Å². The fourth-order valence-electron chi connectivity index (χ4n) is 2.05. The number of halogens is 1. The van der Waals surface area contributed by atoms with Gasteiger partial charge in [-0.2, -0.15) is 5.26 Å². The third-order valence-electron chi connectivity index (χ3n) is 3.16. The van der Waals surface area contributed by atoms with Gasteiger partial charge in [-0.1, -0.05) is 0 Å². The summed E-state index contributed by atoms with van der Waals surface area (Å²) < 4.78 is 11.7. The first-order chi connectivity index (χ1) is 10.7. The van der Waals surface area contributed by atoms with E-state index >= 15 is 0 Å². The molecule has 0 fully saturated rings. The quantitative estimate of drug-likeness (QED) is 0.893. The summed E-state index contributed by atoms with van der Waals surface area (Å²) >= 11 is 3.41. The van der Waals surface area contributed by atoms with Crippen LogP contribution in [-0.4, -0.2) is 19.1 Å². The van der Waals surface area contributed by atoms with Crippen LogP contribution in [0.5, 0.6) is 11.5 Å². The normalized spacial score (nSPS) is 12.4. The van der Waals surface area contributed by atoms with E-state index in [1.165, 1.54) is 0 Å². The Morgan fingerprint density at radius 3 is 2.41 bits per heavy atom. The van der Waals surface area contributed by atoms with Crippen molar-refractivity contribution in [3.05, 3.63) is 52.0 Å². The van der Waals surface area contributed by atoms with E-state index in [2.05, 4.69) is 21.2 Å². The van der Waals surface area contributed by atoms with Gasteiger partial charge in [0.25, 0.3) is 5.91 Å². The molecule has 1 heterocycles. The molecule has 0 atom stereocenters. The minimum atomic E-state index is -0.262. The Kier molecular flexibility index (Phi) is 3.98. The van der Waals surface area contributed by atoms with Gasteiger partial charge in [0.1, 0.15) is 13.2 Å². The van der Waals surface area contributed by atoms with Gasteiger partial charge >= 0.3 is 0 Å². The Morgan fingerprint density at radius 1 is 1.14 bits per heavy atom. The molecule has 1 aliphatic heterocycles. The zero-order valence-corrected chi connectivity index (χ0v) is 13.0. The molecule has 5 nitrogen and oxygen atoms in total. The second kappa shape index (κ2) is 6.08. The Balaban J connectivity index is 1.83. The van der Waals surface area contributed by atoms with Crippen LogP contribution >= 0.6 is 15.9 Å². The van der Waals surface area contributed by atoms with Gasteiger partial charge in [0.2, 0.25) is 0 Å². The molecular weight excluding hydrogens is 348 g/mol. The van der Waals surface area contributed by atoms with Crippen LogP contribution in [0.2, 0.25) is 0 Å². The van der Waals surface area contributed by atoms with Crippen LogP contribution in [0.4, 0.5) is 5.69 Å². The van der Waals surface area contributed by atoms with Gasteiger partial charge in [0.05, 0.1) is 17.3 Å². The molecule has 0 radical (unpaired) electrons. The first-order valence-electron chi connectivity index (χ1n) is 6.58. The van der Waals surface area contributed by atoms with E-state index in [-0.39, 0.29) is 5.91 Å². The van der Waals surface area contributed by atoms with Gasteiger partial charge in [0.15, 0.2) is 11.5 Å². The first kappa shape index (κ1) is 14.4. The third kappa shape index (κ3) is 2.90. The minimum absolute atomic E-state index is 0.262. The first-order valence-corrected chi connectivity index (χ1v) is 7.37. The molecule has 0 aromatic heterocycles. The Morgan fingerprint density at radius 2 is 1.77 bits per heavy atom. The van der Waals surface area contributed by atoms with Crippen LogP contribution in [0.25, 0.3) is 0 Å². The summed E-state index contributed by atoms with van der Waals surface area (Å²) in [5.74, 6) is 0.987. The molecule has 3 rings (SSSR count). The van der Waals surface area contributed by atoms with Gasteiger partial charge < -0.3 is 14.8 Å². The number of rotatable bonds is 2. The van der Waals surface area contributed by atoms with Crippen molar-refractivity contribution in [3.8, 4) is 17.6 Å². The summed E-state index contributed by atoms with van der Waals surface area (Å²) in [5.41, 5.74) is 1.58. The Hall–Kier alpha value is -2.52. The molecular formula is C16H11BrN2O3. The number of carbonyl (C=O) groups is 1. The summed E-state index contributed by atoms with van der Waals surface area (Å²) in [5, 5.41) is 11.6. The molecule has 110 valence electrons. The topological polar surface area (TPSA) is 71.4 Å². The summed E-state index contributed by atoms with van der Waals surface area (Å²) in [6.07, 6.45) is 0. The number of benzene rings is 2. The molecule has 0 aliphatic carbocycles. The summed E-state index contributed by atoms with van der Waals surface area (Å²) in [6, 6.07) is 11.9. The van der Waals surface area contributed by atoms with Crippen molar-refractivity contribution in [2.75, 3.05) is 18.5 Å². The number of fused-ring (bicyclic) bond motifs is 1. The van der Waals surface area contributed by atoms with Crippen molar-refractivity contribution < 1.29 is 14.3 Å². The molecule has 0 saturated carbocycles. The predicted molar refractivity (Wildman–Crippen MR) is 84.2 cm³/mol.